The molecular weight excluding hydrogens is 236 g/mol. The van der Waals surface area contributed by atoms with Crippen LogP contribution in [0.4, 0.5) is 0 Å². The van der Waals surface area contributed by atoms with Crippen LogP contribution in [0, 0.1) is 18.8 Å². The number of aliphatic carboxylic acids is 1. The van der Waals surface area contributed by atoms with E-state index in [9.17, 15) is 9.59 Å². The van der Waals surface area contributed by atoms with Crippen molar-refractivity contribution in [3.8, 4) is 0 Å². The third-order valence-electron chi connectivity index (χ3n) is 3.35. The number of rotatable bonds is 2. The van der Waals surface area contributed by atoms with Crippen LogP contribution in [0.1, 0.15) is 29.6 Å². The third-order valence-corrected chi connectivity index (χ3v) is 3.35. The largest absolute Gasteiger partial charge is 0.481 e. The quantitative estimate of drug-likeness (QED) is 0.854. The van der Waals surface area contributed by atoms with Crippen molar-refractivity contribution in [1.82, 2.24) is 10.1 Å². The van der Waals surface area contributed by atoms with Gasteiger partial charge in [0.25, 0.3) is 5.91 Å². The molecule has 0 bridgehead atoms. The normalized spacial score (nSPS) is 24.0. The highest BCUT2D eigenvalue weighted by atomic mass is 16.5. The minimum Gasteiger partial charge on any atom is -0.481 e. The van der Waals surface area contributed by atoms with E-state index < -0.39 is 5.97 Å². The molecule has 2 heterocycles. The molecule has 98 valence electrons. The van der Waals surface area contributed by atoms with Crippen LogP contribution in [0.3, 0.4) is 0 Å². The molecule has 1 N–H and O–H groups in total. The Kier molecular flexibility index (Phi) is 3.36. The molecule has 1 amide bonds. The van der Waals surface area contributed by atoms with E-state index in [0.717, 1.165) is 0 Å². The summed E-state index contributed by atoms with van der Waals surface area (Å²) in [6.07, 6.45) is 0.482. The minimum atomic E-state index is -0.787. The minimum absolute atomic E-state index is 0.0516. The first-order chi connectivity index (χ1) is 8.49. The Balaban J connectivity index is 2.04. The molecule has 6 nitrogen and oxygen atoms in total. The number of hydrogen-bond donors (Lipinski definition) is 1. The van der Waals surface area contributed by atoms with Crippen molar-refractivity contribution >= 4 is 11.9 Å². The predicted molar refractivity (Wildman–Crippen MR) is 62.1 cm³/mol. The molecule has 1 aliphatic heterocycles. The zero-order chi connectivity index (χ0) is 13.3. The summed E-state index contributed by atoms with van der Waals surface area (Å²) >= 11 is 0. The summed E-state index contributed by atoms with van der Waals surface area (Å²) in [5.74, 6) is -1.21. The molecule has 0 saturated carbocycles. The summed E-state index contributed by atoms with van der Waals surface area (Å²) in [7, 11) is 0. The topological polar surface area (TPSA) is 83.6 Å². The second-order valence-corrected chi connectivity index (χ2v) is 4.79. The molecule has 6 heteroatoms. The van der Waals surface area contributed by atoms with Crippen LogP contribution < -0.4 is 0 Å². The van der Waals surface area contributed by atoms with Crippen LogP contribution in [-0.4, -0.2) is 40.1 Å². The first-order valence-electron chi connectivity index (χ1n) is 5.94. The van der Waals surface area contributed by atoms with E-state index in [1.807, 2.05) is 6.92 Å². The van der Waals surface area contributed by atoms with Gasteiger partial charge in [-0.2, -0.15) is 0 Å². The fourth-order valence-corrected chi connectivity index (χ4v) is 2.32. The van der Waals surface area contributed by atoms with Crippen molar-refractivity contribution in [2.24, 2.45) is 11.8 Å². The van der Waals surface area contributed by atoms with Crippen molar-refractivity contribution < 1.29 is 19.2 Å². The van der Waals surface area contributed by atoms with Crippen LogP contribution in [-0.2, 0) is 4.79 Å². The molecule has 0 radical (unpaired) electrons. The molecule has 1 aromatic heterocycles. The maximum atomic E-state index is 12.1. The van der Waals surface area contributed by atoms with E-state index in [-0.39, 0.29) is 23.5 Å². The lowest BCUT2D eigenvalue weighted by molar-refractivity contribution is -0.145. The predicted octanol–water partition coefficient (Wildman–Crippen LogP) is 1.17. The number of hydrogen-bond acceptors (Lipinski definition) is 4. The van der Waals surface area contributed by atoms with E-state index in [2.05, 4.69) is 5.16 Å². The smallest absolute Gasteiger partial charge is 0.306 e. The van der Waals surface area contributed by atoms with Gasteiger partial charge in [0.05, 0.1) is 11.6 Å². The number of piperidine rings is 1. The van der Waals surface area contributed by atoms with Crippen molar-refractivity contribution in [2.75, 3.05) is 13.1 Å². The van der Waals surface area contributed by atoms with Crippen LogP contribution in [0.15, 0.2) is 10.6 Å². The SMILES string of the molecule is Cc1cc(C(=O)N2CCC(C(=O)O)C(C)C2)on1. The Labute approximate surface area is 105 Å². The molecule has 0 aromatic carbocycles. The monoisotopic (exact) mass is 252 g/mol. The standard InChI is InChI=1S/C12H16N2O4/c1-7-6-14(4-3-9(7)12(16)17)11(15)10-5-8(2)13-18-10/h5,7,9H,3-4,6H2,1-2H3,(H,16,17). The maximum absolute atomic E-state index is 12.1. The van der Waals surface area contributed by atoms with Crippen LogP contribution in [0.2, 0.25) is 0 Å². The number of carbonyl (C=O) groups excluding carboxylic acids is 1. The number of carbonyl (C=O) groups is 2. The second kappa shape index (κ2) is 4.80. The van der Waals surface area contributed by atoms with Crippen LogP contribution in [0.5, 0.6) is 0 Å². The van der Waals surface area contributed by atoms with Gasteiger partial charge in [0, 0.05) is 19.2 Å². The number of aryl methyl sites for hydroxylation is 1. The van der Waals surface area contributed by atoms with E-state index in [0.29, 0.717) is 25.2 Å². The fraction of sp³-hybridized carbons (Fsp3) is 0.583. The van der Waals surface area contributed by atoms with Crippen molar-refractivity contribution in [1.29, 1.82) is 0 Å². The summed E-state index contributed by atoms with van der Waals surface area (Å²) in [5.41, 5.74) is 0.659. The molecule has 0 spiro atoms. The van der Waals surface area contributed by atoms with Gasteiger partial charge in [0.2, 0.25) is 5.76 Å². The Morgan fingerprint density at radius 1 is 1.56 bits per heavy atom. The molecule has 0 aliphatic carbocycles. The van der Waals surface area contributed by atoms with Gasteiger partial charge < -0.3 is 14.5 Å². The van der Waals surface area contributed by atoms with Crippen LogP contribution >= 0.6 is 0 Å². The summed E-state index contributed by atoms with van der Waals surface area (Å²) in [6.45, 7) is 4.48. The summed E-state index contributed by atoms with van der Waals surface area (Å²) in [4.78, 5) is 24.7. The number of amides is 1. The van der Waals surface area contributed by atoms with Crippen molar-refractivity contribution in [3.05, 3.63) is 17.5 Å². The van der Waals surface area contributed by atoms with Gasteiger partial charge in [-0.1, -0.05) is 12.1 Å². The summed E-state index contributed by atoms with van der Waals surface area (Å²) in [5, 5.41) is 12.7. The van der Waals surface area contributed by atoms with Gasteiger partial charge in [0.1, 0.15) is 0 Å². The van der Waals surface area contributed by atoms with Gasteiger partial charge >= 0.3 is 5.97 Å². The lowest BCUT2D eigenvalue weighted by Gasteiger charge is -2.34. The molecule has 1 aromatic rings. The molecule has 2 atom stereocenters. The highest BCUT2D eigenvalue weighted by molar-refractivity contribution is 5.91. The second-order valence-electron chi connectivity index (χ2n) is 4.79. The zero-order valence-corrected chi connectivity index (χ0v) is 10.4. The average Bonchev–Trinajstić information content (AvgIpc) is 2.74. The van der Waals surface area contributed by atoms with Gasteiger partial charge in [-0.25, -0.2) is 0 Å². The number of aromatic nitrogens is 1. The average molecular weight is 252 g/mol. The van der Waals surface area contributed by atoms with Crippen molar-refractivity contribution in [3.63, 3.8) is 0 Å². The molecular formula is C12H16N2O4. The lowest BCUT2D eigenvalue weighted by Crippen LogP contribution is -2.44. The Bertz CT molecular complexity index is 468. The highest BCUT2D eigenvalue weighted by Gasteiger charge is 2.34. The zero-order valence-electron chi connectivity index (χ0n) is 10.4. The Morgan fingerprint density at radius 2 is 2.28 bits per heavy atom. The number of carboxylic acids is 1. The number of nitrogens with zero attached hydrogens (tertiary/aromatic N) is 2. The summed E-state index contributed by atoms with van der Waals surface area (Å²) in [6, 6.07) is 1.59. The maximum Gasteiger partial charge on any atom is 0.306 e. The summed E-state index contributed by atoms with van der Waals surface area (Å²) < 4.78 is 4.93. The molecule has 1 aliphatic rings. The molecule has 2 rings (SSSR count). The van der Waals surface area contributed by atoms with Crippen LogP contribution in [0.25, 0.3) is 0 Å². The Hall–Kier alpha value is -1.85. The number of carboxylic acid groups (broad SMARTS) is 1. The molecule has 1 fully saturated rings. The number of likely N-dealkylation sites (tertiary alicyclic amines) is 1. The van der Waals surface area contributed by atoms with Crippen molar-refractivity contribution in [2.45, 2.75) is 20.3 Å². The third kappa shape index (κ3) is 2.37. The lowest BCUT2D eigenvalue weighted by atomic mass is 9.87. The van der Waals surface area contributed by atoms with E-state index >= 15 is 0 Å². The first kappa shape index (κ1) is 12.6. The molecule has 1 saturated heterocycles. The van der Waals surface area contributed by atoms with E-state index in [4.69, 9.17) is 9.63 Å². The van der Waals surface area contributed by atoms with Gasteiger partial charge in [-0.05, 0) is 19.3 Å². The fourth-order valence-electron chi connectivity index (χ4n) is 2.32. The van der Waals surface area contributed by atoms with Gasteiger partial charge in [-0.15, -0.1) is 0 Å². The van der Waals surface area contributed by atoms with E-state index in [1.165, 1.54) is 0 Å². The van der Waals surface area contributed by atoms with Gasteiger partial charge in [0.15, 0.2) is 0 Å². The molecule has 18 heavy (non-hydrogen) atoms. The van der Waals surface area contributed by atoms with Gasteiger partial charge in [-0.3, -0.25) is 9.59 Å². The first-order valence-corrected chi connectivity index (χ1v) is 5.94. The Morgan fingerprint density at radius 3 is 2.78 bits per heavy atom. The highest BCUT2D eigenvalue weighted by Crippen LogP contribution is 2.24. The van der Waals surface area contributed by atoms with E-state index in [1.54, 1.807) is 17.9 Å². The molecule has 2 unspecified atom stereocenters.